The molecule has 0 unspecified atom stereocenters. The summed E-state index contributed by atoms with van der Waals surface area (Å²) in [6.07, 6.45) is 21.4. The van der Waals surface area contributed by atoms with Crippen molar-refractivity contribution in [1.29, 1.82) is 0 Å². The van der Waals surface area contributed by atoms with E-state index >= 15 is 0 Å². The maximum Gasteiger partial charge on any atom is 0.295 e. The molecule has 0 aromatic heterocycles. The quantitative estimate of drug-likeness (QED) is 0.0191. The number of benzene rings is 9. The first-order chi connectivity index (χ1) is 57.2. The maximum absolute atomic E-state index is 13.2. The average molecular weight is 1710 g/mol. The lowest BCUT2D eigenvalue weighted by molar-refractivity contribution is -0.401. The third-order valence-corrected chi connectivity index (χ3v) is 28.2. The monoisotopic (exact) mass is 1700 g/mol. The fourth-order valence-corrected chi connectivity index (χ4v) is 19.8. The summed E-state index contributed by atoms with van der Waals surface area (Å²) in [6.45, 7) is 41.3. The van der Waals surface area contributed by atoms with Crippen LogP contribution in [0.15, 0.2) is 219 Å². The number of amides is 2. The fraction of sp³-hybridized carbons (Fsp3) is 0.398. The van der Waals surface area contributed by atoms with Crippen LogP contribution in [0.2, 0.25) is 0 Å². The van der Waals surface area contributed by atoms with Gasteiger partial charge in [0.25, 0.3) is 21.9 Å². The molecule has 8 aromatic rings. The van der Waals surface area contributed by atoms with E-state index in [2.05, 4.69) is 197 Å². The number of halogens is 1. The zero-order chi connectivity index (χ0) is 87.6. The van der Waals surface area contributed by atoms with Crippen LogP contribution in [0.1, 0.15) is 221 Å². The molecule has 19 heteroatoms. The van der Waals surface area contributed by atoms with Gasteiger partial charge in [0.1, 0.15) is 47.9 Å². The van der Waals surface area contributed by atoms with Crippen molar-refractivity contribution in [1.82, 2.24) is 9.48 Å². The van der Waals surface area contributed by atoms with Crippen molar-refractivity contribution in [3.05, 3.63) is 233 Å². The summed E-state index contributed by atoms with van der Waals surface area (Å²) in [5.74, 6) is 0.296. The molecular formula is C103H124ClN6O10S2+. The second kappa shape index (κ2) is 37.1. The highest BCUT2D eigenvalue weighted by atomic mass is 35.5. The standard InChI is InChI=1S/C49H57N2O.C31H38N2O6S2.C23H28N2O3.ClH/c1-47(2,3)44(52)23-10-9-15-32-51-41-29-27-37-20-12-14-22-39(37)46(41)49(6,7)43(51)31-25-35-18-16-17-34(33-35)24-30-42-48(4,5)45-38-21-13-11-19-36(38)26-28-40(45)50(42)8;1-8-32(9-2)21-12-15-24-27(18-21)39-28-19-22(33(10-3)11-4)13-16-25(28)30(24)26-17-14-23(20-29(26)41(36,37)38)40(34,35)31(5,6)7;1-5-6-13-24-18-11-10-17-20-15(18)8-7-9-16(20)21(27)25(22(17)28)14-12-19(26)23(2,3)4;/h11-14,19-22,24-31,33H,9-10,15-18,23,32H2,1-8H3;12-20H,8-11H2,1-7H3;7-11,24H,5-6,12-14H2,1-4H3;1H/q+1;;;. The minimum atomic E-state index is -4.82. The van der Waals surface area contributed by atoms with Gasteiger partial charge < -0.3 is 31.9 Å². The number of nitrogens with one attached hydrogen (secondary N) is 1. The second-order valence-electron chi connectivity index (χ2n) is 36.7. The highest BCUT2D eigenvalue weighted by Crippen LogP contribution is 2.52. The number of anilines is 3. The first kappa shape index (κ1) is 92.6. The lowest BCUT2D eigenvalue weighted by Crippen LogP contribution is -3.00. The van der Waals surface area contributed by atoms with Gasteiger partial charge in [-0.25, -0.2) is 13.0 Å². The molecule has 4 heterocycles. The van der Waals surface area contributed by atoms with Crippen molar-refractivity contribution < 1.29 is 62.0 Å². The van der Waals surface area contributed by atoms with Crippen LogP contribution in [-0.4, -0.2) is 118 Å². The maximum atomic E-state index is 13.2. The fourth-order valence-electron chi connectivity index (χ4n) is 17.8. The first-order valence-electron chi connectivity index (χ1n) is 43.4. The Labute approximate surface area is 729 Å². The van der Waals surface area contributed by atoms with Crippen LogP contribution in [0, 0.1) is 10.8 Å². The van der Waals surface area contributed by atoms with E-state index in [1.807, 2.05) is 96.1 Å². The number of carbonyl (C=O) groups is 4. The van der Waals surface area contributed by atoms with Gasteiger partial charge in [-0.1, -0.05) is 166 Å². The van der Waals surface area contributed by atoms with E-state index in [0.717, 1.165) is 119 Å². The number of rotatable bonds is 24. The van der Waals surface area contributed by atoms with E-state index in [4.69, 9.17) is 4.42 Å². The number of Topliss-reactive ketones (excluding diaryl/α,β-unsaturated/α-hetero) is 2. The minimum absolute atomic E-state index is 0. The van der Waals surface area contributed by atoms with Gasteiger partial charge in [-0.2, -0.15) is 13.0 Å². The van der Waals surface area contributed by atoms with Crippen LogP contribution in [0.3, 0.4) is 0 Å². The molecule has 4 aliphatic heterocycles. The highest BCUT2D eigenvalue weighted by Gasteiger charge is 2.45. The topological polar surface area (TPSA) is 198 Å². The molecule has 0 saturated heterocycles. The van der Waals surface area contributed by atoms with Crippen LogP contribution in [0.25, 0.3) is 65.7 Å². The zero-order valence-electron chi connectivity index (χ0n) is 75.0. The molecule has 14 rings (SSSR count). The van der Waals surface area contributed by atoms with E-state index in [9.17, 15) is 40.6 Å². The number of unbranched alkanes of at least 4 members (excludes halogenated alkanes) is 3. The lowest BCUT2D eigenvalue weighted by Gasteiger charge is -2.28. The van der Waals surface area contributed by atoms with Crippen molar-refractivity contribution in [3.63, 3.8) is 0 Å². The van der Waals surface area contributed by atoms with Crippen molar-refractivity contribution in [3.8, 4) is 22.5 Å². The Morgan fingerprint density at radius 3 is 1.87 bits per heavy atom. The molecule has 8 aromatic carbocycles. The Morgan fingerprint density at radius 1 is 0.607 bits per heavy atom. The van der Waals surface area contributed by atoms with E-state index in [-0.39, 0.29) is 69.7 Å². The predicted molar refractivity (Wildman–Crippen MR) is 499 cm³/mol. The number of carbonyl (C=O) groups excluding carboxylic acids is 4. The molecule has 16 nitrogen and oxygen atoms in total. The molecule has 0 fully saturated rings. The van der Waals surface area contributed by atoms with Gasteiger partial charge in [0.15, 0.2) is 15.5 Å². The van der Waals surface area contributed by atoms with Crippen LogP contribution in [0.5, 0.6) is 0 Å². The number of hydrogen-bond donors (Lipinski definition) is 2. The Morgan fingerprint density at radius 2 is 1.23 bits per heavy atom. The Hall–Kier alpha value is -10.1. The number of ketones is 2. The number of allylic oxidation sites excluding steroid dienone is 8. The molecule has 2 amide bonds. The van der Waals surface area contributed by atoms with Crippen molar-refractivity contribution in [2.45, 2.75) is 214 Å². The lowest BCUT2D eigenvalue weighted by atomic mass is 9.79. The molecule has 0 saturated carbocycles. The molecule has 2 N–H and O–H groups in total. The average Bonchev–Trinajstić information content (AvgIpc) is 1.39. The number of sulfone groups is 1. The van der Waals surface area contributed by atoms with Crippen molar-refractivity contribution in [2.24, 2.45) is 10.8 Å². The zero-order valence-corrected chi connectivity index (χ0v) is 77.4. The molecule has 2 aliphatic carbocycles. The summed E-state index contributed by atoms with van der Waals surface area (Å²) in [5.41, 5.74) is 14.9. The SMILES string of the molecule is CCCCNc1ccc2c3c(cccc13)C(=O)N(CCC(=O)C(C)(C)C)C2=O.CCN(CC)c1ccc2c(-c3ccc(S(=O)(=O)C(C)(C)C)cc3S(=O)(=O)O)c3ccc(=[N+](CC)CC)cc-3oc2c1.C[N+]1=C(C=CC2=CC(=CC=C3N(CCCCCC(=O)C(C)(C)C)c4ccc5ccccc5c4C3(C)C)CCC2)C(C)(C)c2c1ccc1ccccc21.[Cl-]. The summed E-state index contributed by atoms with van der Waals surface area (Å²) in [5, 5.41) is 11.9. The molecule has 0 spiro atoms. The van der Waals surface area contributed by atoms with Crippen LogP contribution >= 0.6 is 0 Å². The Balaban J connectivity index is 0.000000186. The van der Waals surface area contributed by atoms with Crippen LogP contribution < -0.4 is 37.5 Å². The minimum Gasteiger partial charge on any atom is -1.00 e. The van der Waals surface area contributed by atoms with Gasteiger partial charge in [0.2, 0.25) is 11.0 Å². The smallest absolute Gasteiger partial charge is 0.295 e. The summed E-state index contributed by atoms with van der Waals surface area (Å²) < 4.78 is 72.3. The summed E-state index contributed by atoms with van der Waals surface area (Å²) >= 11 is 0. The van der Waals surface area contributed by atoms with Crippen LogP contribution in [-0.2, 0) is 40.4 Å². The molecule has 644 valence electrons. The third-order valence-electron chi connectivity index (χ3n) is 24.8. The Kier molecular flexibility index (Phi) is 28.2. The molecule has 0 bridgehead atoms. The summed E-state index contributed by atoms with van der Waals surface area (Å²) in [6, 6.07) is 51.5. The van der Waals surface area contributed by atoms with Crippen molar-refractivity contribution >= 4 is 115 Å². The summed E-state index contributed by atoms with van der Waals surface area (Å²) in [4.78, 5) is 56.2. The predicted octanol–water partition coefficient (Wildman–Crippen LogP) is 19.8. The number of imide groups is 1. The van der Waals surface area contributed by atoms with Gasteiger partial charge in [-0.3, -0.25) is 28.6 Å². The van der Waals surface area contributed by atoms with E-state index in [1.54, 1.807) is 32.9 Å². The molecule has 122 heavy (non-hydrogen) atoms. The normalized spacial score (nSPS) is 15.9. The first-order valence-corrected chi connectivity index (χ1v) is 46.3. The largest absolute Gasteiger partial charge is 1.00 e. The van der Waals surface area contributed by atoms with Gasteiger partial charge >= 0.3 is 0 Å². The summed E-state index contributed by atoms with van der Waals surface area (Å²) in [7, 11) is -6.49. The van der Waals surface area contributed by atoms with E-state index in [0.29, 0.717) is 56.6 Å². The molecular weight excluding hydrogens is 1580 g/mol. The van der Waals surface area contributed by atoms with E-state index in [1.165, 1.54) is 83.6 Å². The molecule has 0 atom stereocenters. The van der Waals surface area contributed by atoms with Crippen LogP contribution in [0.4, 0.5) is 22.7 Å². The molecule has 6 aliphatic rings. The number of fused-ring (bicyclic) bond motifs is 8. The van der Waals surface area contributed by atoms with Gasteiger partial charge in [0.05, 0.1) is 21.1 Å². The highest BCUT2D eigenvalue weighted by molar-refractivity contribution is 7.92. The van der Waals surface area contributed by atoms with Gasteiger partial charge in [0, 0.05) is 158 Å². The Bertz CT molecular complexity index is 6140. The number of nitrogens with zero attached hydrogens (tertiary/aromatic N) is 5. The third kappa shape index (κ3) is 18.9. The van der Waals surface area contributed by atoms with Gasteiger partial charge in [-0.05, 0) is 206 Å². The van der Waals surface area contributed by atoms with Crippen molar-refractivity contribution in [2.75, 3.05) is 68.0 Å². The van der Waals surface area contributed by atoms with E-state index < -0.39 is 35.0 Å². The second-order valence-corrected chi connectivity index (χ2v) is 40.8. The van der Waals surface area contributed by atoms with Gasteiger partial charge in [-0.15, -0.1) is 0 Å². The number of hydrogen-bond acceptors (Lipinski definition) is 12. The molecule has 0 radical (unpaired) electrons.